The van der Waals surface area contributed by atoms with Crippen LogP contribution >= 0.6 is 0 Å². The standard InChI is InChI=1S/C15H15N3O5/c1-3-23-15(19)14-10-5-4-9-6-13(22-2)12(18(20)21)7-11(9)17(10)8-16-14/h6-8H,3-5H2,1-2H3. The Kier molecular flexibility index (Phi) is 3.73. The number of hydrogen-bond acceptors (Lipinski definition) is 6. The van der Waals surface area contributed by atoms with Gasteiger partial charge in [-0.2, -0.15) is 0 Å². The number of imidazole rings is 1. The Morgan fingerprint density at radius 3 is 2.87 bits per heavy atom. The summed E-state index contributed by atoms with van der Waals surface area (Å²) >= 11 is 0. The summed E-state index contributed by atoms with van der Waals surface area (Å²) in [6, 6.07) is 3.12. The highest BCUT2D eigenvalue weighted by atomic mass is 16.6. The molecule has 2 heterocycles. The zero-order valence-electron chi connectivity index (χ0n) is 12.7. The summed E-state index contributed by atoms with van der Waals surface area (Å²) in [5, 5.41) is 11.2. The van der Waals surface area contributed by atoms with E-state index in [4.69, 9.17) is 9.47 Å². The fourth-order valence-electron chi connectivity index (χ4n) is 2.77. The van der Waals surface area contributed by atoms with Gasteiger partial charge in [0.25, 0.3) is 0 Å². The molecule has 8 heteroatoms. The molecule has 2 aromatic rings. The van der Waals surface area contributed by atoms with Crippen molar-refractivity contribution in [1.29, 1.82) is 0 Å². The highest BCUT2D eigenvalue weighted by Gasteiger charge is 2.27. The molecule has 0 aliphatic carbocycles. The smallest absolute Gasteiger partial charge is 0.358 e. The maximum absolute atomic E-state index is 11.9. The van der Waals surface area contributed by atoms with Crippen molar-refractivity contribution in [3.63, 3.8) is 0 Å². The highest BCUT2D eigenvalue weighted by molar-refractivity contribution is 5.89. The lowest BCUT2D eigenvalue weighted by Crippen LogP contribution is -2.16. The van der Waals surface area contributed by atoms with E-state index in [1.807, 2.05) is 0 Å². The van der Waals surface area contributed by atoms with Gasteiger partial charge in [-0.05, 0) is 31.4 Å². The van der Waals surface area contributed by atoms with Crippen molar-refractivity contribution < 1.29 is 19.2 Å². The molecule has 3 rings (SSSR count). The van der Waals surface area contributed by atoms with Crippen molar-refractivity contribution in [2.45, 2.75) is 19.8 Å². The van der Waals surface area contributed by atoms with Gasteiger partial charge in [0.2, 0.25) is 0 Å². The van der Waals surface area contributed by atoms with Gasteiger partial charge in [-0.3, -0.25) is 10.1 Å². The molecular formula is C15H15N3O5. The average molecular weight is 317 g/mol. The van der Waals surface area contributed by atoms with Crippen LogP contribution in [0.1, 0.15) is 28.7 Å². The molecule has 0 radical (unpaired) electrons. The number of hydrogen-bond donors (Lipinski definition) is 0. The van der Waals surface area contributed by atoms with E-state index in [1.165, 1.54) is 19.5 Å². The topological polar surface area (TPSA) is 96.5 Å². The van der Waals surface area contributed by atoms with Crippen LogP contribution in [0.3, 0.4) is 0 Å². The van der Waals surface area contributed by atoms with Gasteiger partial charge in [0.15, 0.2) is 11.4 Å². The molecule has 1 aromatic carbocycles. The predicted octanol–water partition coefficient (Wildman–Crippen LogP) is 2.06. The Morgan fingerprint density at radius 1 is 1.43 bits per heavy atom. The van der Waals surface area contributed by atoms with E-state index in [2.05, 4.69) is 4.98 Å². The van der Waals surface area contributed by atoms with Crippen molar-refractivity contribution in [2.24, 2.45) is 0 Å². The third-order valence-electron chi connectivity index (χ3n) is 3.80. The number of benzene rings is 1. The van der Waals surface area contributed by atoms with Gasteiger partial charge in [-0.15, -0.1) is 0 Å². The van der Waals surface area contributed by atoms with Crippen molar-refractivity contribution in [3.05, 3.63) is 45.5 Å². The first kappa shape index (κ1) is 15.0. The average Bonchev–Trinajstić information content (AvgIpc) is 2.98. The number of aromatic nitrogens is 2. The van der Waals surface area contributed by atoms with Crippen molar-refractivity contribution >= 4 is 11.7 Å². The van der Waals surface area contributed by atoms with E-state index < -0.39 is 10.9 Å². The number of aryl methyl sites for hydroxylation is 1. The molecule has 1 aliphatic rings. The number of nitro groups is 1. The van der Waals surface area contributed by atoms with Crippen LogP contribution < -0.4 is 4.74 Å². The number of nitrogens with zero attached hydrogens (tertiary/aromatic N) is 3. The molecule has 1 aromatic heterocycles. The zero-order valence-corrected chi connectivity index (χ0v) is 12.7. The molecule has 0 saturated carbocycles. The lowest BCUT2D eigenvalue weighted by molar-refractivity contribution is -0.385. The van der Waals surface area contributed by atoms with Crippen LogP contribution in [0, 0.1) is 10.1 Å². The monoisotopic (exact) mass is 317 g/mol. The molecule has 0 atom stereocenters. The lowest BCUT2D eigenvalue weighted by atomic mass is 9.99. The number of esters is 1. The summed E-state index contributed by atoms with van der Waals surface area (Å²) in [6.07, 6.45) is 2.74. The van der Waals surface area contributed by atoms with Crippen molar-refractivity contribution in [3.8, 4) is 11.4 Å². The fourth-order valence-corrected chi connectivity index (χ4v) is 2.77. The molecule has 0 unspecified atom stereocenters. The number of nitro benzene ring substituents is 1. The van der Waals surface area contributed by atoms with Crippen molar-refractivity contribution in [2.75, 3.05) is 13.7 Å². The van der Waals surface area contributed by atoms with E-state index in [0.717, 1.165) is 5.56 Å². The van der Waals surface area contributed by atoms with Gasteiger partial charge < -0.3 is 14.0 Å². The van der Waals surface area contributed by atoms with Gasteiger partial charge in [-0.25, -0.2) is 9.78 Å². The minimum Gasteiger partial charge on any atom is -0.490 e. The van der Waals surface area contributed by atoms with Gasteiger partial charge in [-0.1, -0.05) is 0 Å². The Morgan fingerprint density at radius 2 is 2.22 bits per heavy atom. The number of carbonyl (C=O) groups is 1. The van der Waals surface area contributed by atoms with Crippen LogP contribution in [-0.4, -0.2) is 34.2 Å². The molecule has 0 bridgehead atoms. The van der Waals surface area contributed by atoms with Crippen LogP contribution in [0.15, 0.2) is 18.5 Å². The summed E-state index contributed by atoms with van der Waals surface area (Å²) in [5.41, 5.74) is 2.39. The van der Waals surface area contributed by atoms with E-state index >= 15 is 0 Å². The predicted molar refractivity (Wildman–Crippen MR) is 80.1 cm³/mol. The summed E-state index contributed by atoms with van der Waals surface area (Å²) in [5.74, 6) is -0.254. The van der Waals surface area contributed by atoms with Crippen LogP contribution in [-0.2, 0) is 17.6 Å². The first-order valence-corrected chi connectivity index (χ1v) is 7.15. The Bertz CT molecular complexity index is 797. The van der Waals surface area contributed by atoms with E-state index in [0.29, 0.717) is 24.2 Å². The maximum atomic E-state index is 11.9. The summed E-state index contributed by atoms with van der Waals surface area (Å²) < 4.78 is 11.8. The molecule has 8 nitrogen and oxygen atoms in total. The second-order valence-corrected chi connectivity index (χ2v) is 5.04. The molecule has 1 aliphatic heterocycles. The molecule has 0 saturated heterocycles. The number of methoxy groups -OCH3 is 1. The van der Waals surface area contributed by atoms with Crippen LogP contribution in [0.25, 0.3) is 5.69 Å². The number of ether oxygens (including phenoxy) is 2. The minimum absolute atomic E-state index is 0.120. The second kappa shape index (κ2) is 5.71. The molecule has 23 heavy (non-hydrogen) atoms. The minimum atomic E-state index is -0.490. The molecule has 0 amide bonds. The van der Waals surface area contributed by atoms with Crippen LogP contribution in [0.5, 0.6) is 5.75 Å². The van der Waals surface area contributed by atoms with Gasteiger partial charge >= 0.3 is 11.7 Å². The fraction of sp³-hybridized carbons (Fsp3) is 0.333. The molecule has 0 fully saturated rings. The molecular weight excluding hydrogens is 302 g/mol. The maximum Gasteiger partial charge on any atom is 0.358 e. The van der Waals surface area contributed by atoms with E-state index in [-0.39, 0.29) is 23.7 Å². The van der Waals surface area contributed by atoms with Crippen molar-refractivity contribution in [1.82, 2.24) is 9.55 Å². The number of fused-ring (bicyclic) bond motifs is 3. The van der Waals surface area contributed by atoms with Crippen LogP contribution in [0.4, 0.5) is 5.69 Å². The normalized spacial score (nSPS) is 12.3. The van der Waals surface area contributed by atoms with E-state index in [9.17, 15) is 14.9 Å². The molecule has 120 valence electrons. The number of rotatable bonds is 4. The van der Waals surface area contributed by atoms with Gasteiger partial charge in [0, 0.05) is 6.07 Å². The lowest BCUT2D eigenvalue weighted by Gasteiger charge is -2.20. The second-order valence-electron chi connectivity index (χ2n) is 5.04. The molecule has 0 spiro atoms. The van der Waals surface area contributed by atoms with Gasteiger partial charge in [0.1, 0.15) is 6.33 Å². The van der Waals surface area contributed by atoms with E-state index in [1.54, 1.807) is 17.6 Å². The molecule has 0 N–H and O–H groups in total. The summed E-state index contributed by atoms with van der Waals surface area (Å²) in [7, 11) is 1.40. The largest absolute Gasteiger partial charge is 0.490 e. The van der Waals surface area contributed by atoms with Gasteiger partial charge in [0.05, 0.1) is 30.0 Å². The number of carbonyl (C=O) groups excluding carboxylic acids is 1. The Labute approximate surface area is 131 Å². The zero-order chi connectivity index (χ0) is 16.6. The third kappa shape index (κ3) is 2.41. The quantitative estimate of drug-likeness (QED) is 0.486. The first-order chi connectivity index (χ1) is 11.1. The Hall–Kier alpha value is -2.90. The third-order valence-corrected chi connectivity index (χ3v) is 3.80. The summed E-state index contributed by atoms with van der Waals surface area (Å²) in [4.78, 5) is 26.8. The first-order valence-electron chi connectivity index (χ1n) is 7.15. The highest BCUT2D eigenvalue weighted by Crippen LogP contribution is 2.36. The van der Waals surface area contributed by atoms with Crippen LogP contribution in [0.2, 0.25) is 0 Å². The summed E-state index contributed by atoms with van der Waals surface area (Å²) in [6.45, 7) is 2.00. The Balaban J connectivity index is 2.12. The SMILES string of the molecule is CCOC(=O)c1ncn2c1CCc1cc(OC)c([N+](=O)[O-])cc1-2.